The first-order valence-corrected chi connectivity index (χ1v) is 6.58. The molecule has 2 N–H and O–H groups in total. The smallest absolute Gasteiger partial charge is 0.263 e. The van der Waals surface area contributed by atoms with Gasteiger partial charge in [0.05, 0.1) is 0 Å². The van der Waals surface area contributed by atoms with Crippen LogP contribution in [-0.2, 0) is 17.9 Å². The Bertz CT molecular complexity index is 491. The molecule has 0 saturated heterocycles. The molecule has 0 spiro atoms. The van der Waals surface area contributed by atoms with E-state index in [0.717, 1.165) is 12.3 Å². The summed E-state index contributed by atoms with van der Waals surface area (Å²) in [6.45, 7) is 0. The molecule has 1 aromatic rings. The summed E-state index contributed by atoms with van der Waals surface area (Å²) < 4.78 is 43.4. The van der Waals surface area contributed by atoms with E-state index in [2.05, 4.69) is 10.1 Å². The Morgan fingerprint density at radius 3 is 2.23 bits per heavy atom. The molecule has 1 heterocycles. The van der Waals surface area contributed by atoms with Gasteiger partial charge < -0.3 is 0 Å². The number of nitrogens with zero attached hydrogens (tertiary/aromatic N) is 1. The van der Waals surface area contributed by atoms with Gasteiger partial charge in [0.15, 0.2) is 0 Å². The lowest BCUT2D eigenvalue weighted by Crippen LogP contribution is -2.23. The predicted octanol–water partition coefficient (Wildman–Crippen LogP) is -0.941. The Kier molecular flexibility index (Phi) is 2.37. The van der Waals surface area contributed by atoms with E-state index in [-0.39, 0.29) is 0 Å². The van der Waals surface area contributed by atoms with Crippen molar-refractivity contribution in [2.45, 2.75) is 4.90 Å². The van der Waals surface area contributed by atoms with Gasteiger partial charge in [-0.1, -0.05) is 0 Å². The van der Waals surface area contributed by atoms with Gasteiger partial charge in [-0.3, -0.25) is 4.98 Å². The molecule has 8 heteroatoms. The highest BCUT2D eigenvalue weighted by Gasteiger charge is 2.27. The maximum absolute atomic E-state index is 11.1. The zero-order valence-electron chi connectivity index (χ0n) is 6.28. The standard InChI is InChI=1S/C5H6N2O4S2/c6-13(10,11)12(8,9)5-2-1-3-7-4-5/h1-4H,(H2,6,10,11). The summed E-state index contributed by atoms with van der Waals surface area (Å²) in [6, 6.07) is 2.41. The summed E-state index contributed by atoms with van der Waals surface area (Å²) in [6.07, 6.45) is 2.24. The second-order valence-corrected chi connectivity index (χ2v) is 7.21. The molecule has 1 aromatic heterocycles. The van der Waals surface area contributed by atoms with E-state index in [0.29, 0.717) is 0 Å². The third-order valence-corrected chi connectivity index (χ3v) is 5.07. The summed E-state index contributed by atoms with van der Waals surface area (Å²) >= 11 is 0. The van der Waals surface area contributed by atoms with Crippen molar-refractivity contribution >= 4 is 17.9 Å². The average molecular weight is 222 g/mol. The first-order chi connectivity index (χ1) is 5.86. The van der Waals surface area contributed by atoms with Crippen LogP contribution in [0.25, 0.3) is 0 Å². The molecule has 0 aromatic carbocycles. The van der Waals surface area contributed by atoms with Gasteiger partial charge in [0.2, 0.25) is 0 Å². The van der Waals surface area contributed by atoms with Crippen LogP contribution in [0.1, 0.15) is 0 Å². The highest BCUT2D eigenvalue weighted by molar-refractivity contribution is 8.66. The molecule has 0 aliphatic carbocycles. The van der Waals surface area contributed by atoms with Gasteiger partial charge >= 0.3 is 9.06 Å². The fourth-order valence-electron chi connectivity index (χ4n) is 0.629. The van der Waals surface area contributed by atoms with Crippen LogP contribution < -0.4 is 5.14 Å². The Morgan fingerprint density at radius 1 is 1.23 bits per heavy atom. The molecule has 13 heavy (non-hydrogen) atoms. The maximum Gasteiger partial charge on any atom is 0.319 e. The minimum absolute atomic E-state index is 0.433. The third kappa shape index (κ3) is 1.85. The molecule has 0 fully saturated rings. The van der Waals surface area contributed by atoms with Gasteiger partial charge in [-0.05, 0) is 12.1 Å². The van der Waals surface area contributed by atoms with Crippen LogP contribution in [-0.4, -0.2) is 21.8 Å². The fraction of sp³-hybridized carbons (Fsp3) is 0. The molecule has 0 saturated carbocycles. The Balaban J connectivity index is 3.43. The summed E-state index contributed by atoms with van der Waals surface area (Å²) in [4.78, 5) is 3.03. The Hall–Kier alpha value is -0.990. The van der Waals surface area contributed by atoms with Gasteiger partial charge in [-0.2, -0.15) is 8.42 Å². The molecule has 0 radical (unpaired) electrons. The molecule has 0 atom stereocenters. The highest BCUT2D eigenvalue weighted by Crippen LogP contribution is 2.11. The highest BCUT2D eigenvalue weighted by atomic mass is 33.2. The minimum atomic E-state index is -4.62. The van der Waals surface area contributed by atoms with E-state index < -0.39 is 22.8 Å². The fourth-order valence-corrected chi connectivity index (χ4v) is 2.43. The zero-order chi connectivity index (χ0) is 10.1. The molecular formula is C5H6N2O4S2. The van der Waals surface area contributed by atoms with Crippen molar-refractivity contribution in [1.29, 1.82) is 0 Å². The molecule has 0 amide bonds. The van der Waals surface area contributed by atoms with E-state index in [1.54, 1.807) is 0 Å². The lowest BCUT2D eigenvalue weighted by molar-refractivity contribution is 0.583. The van der Waals surface area contributed by atoms with Gasteiger partial charge in [-0.15, -0.1) is 0 Å². The third-order valence-electron chi connectivity index (χ3n) is 1.23. The Labute approximate surface area is 74.8 Å². The lowest BCUT2D eigenvalue weighted by Gasteiger charge is -1.98. The summed E-state index contributed by atoms with van der Waals surface area (Å²) in [5.74, 6) is 0. The minimum Gasteiger partial charge on any atom is -0.263 e. The first kappa shape index (κ1) is 10.1. The quantitative estimate of drug-likeness (QED) is 0.650. The number of hydrogen-bond acceptors (Lipinski definition) is 5. The molecule has 6 nitrogen and oxygen atoms in total. The van der Waals surface area contributed by atoms with Crippen LogP contribution in [0.3, 0.4) is 0 Å². The number of nitrogens with two attached hydrogens (primary N) is 1. The molecule has 0 aliphatic rings. The molecule has 72 valence electrons. The Morgan fingerprint density at radius 2 is 1.85 bits per heavy atom. The van der Waals surface area contributed by atoms with Crippen LogP contribution in [0, 0.1) is 0 Å². The number of hydrogen-bond donors (Lipinski definition) is 1. The second kappa shape index (κ2) is 3.05. The summed E-state index contributed by atoms with van der Waals surface area (Å²) in [7, 11) is -9.11. The van der Waals surface area contributed by atoms with Crippen molar-refractivity contribution in [3.8, 4) is 0 Å². The van der Waals surface area contributed by atoms with Gasteiger partial charge in [0, 0.05) is 12.4 Å². The van der Waals surface area contributed by atoms with Crippen molar-refractivity contribution in [2.24, 2.45) is 5.14 Å². The van der Waals surface area contributed by atoms with Crippen molar-refractivity contribution in [3.63, 3.8) is 0 Å². The van der Waals surface area contributed by atoms with Crippen LogP contribution in [0.5, 0.6) is 0 Å². The summed E-state index contributed by atoms with van der Waals surface area (Å²) in [5.41, 5.74) is 0. The van der Waals surface area contributed by atoms with E-state index >= 15 is 0 Å². The molecule has 0 aliphatic heterocycles. The van der Waals surface area contributed by atoms with Crippen molar-refractivity contribution in [2.75, 3.05) is 0 Å². The van der Waals surface area contributed by atoms with Crippen LogP contribution >= 0.6 is 0 Å². The maximum atomic E-state index is 11.1. The van der Waals surface area contributed by atoms with Crippen LogP contribution in [0.2, 0.25) is 0 Å². The molecule has 0 unspecified atom stereocenters. The average Bonchev–Trinajstić information content (AvgIpc) is 2.04. The predicted molar refractivity (Wildman–Crippen MR) is 44.5 cm³/mol. The van der Waals surface area contributed by atoms with Gasteiger partial charge in [0.25, 0.3) is 8.87 Å². The zero-order valence-corrected chi connectivity index (χ0v) is 7.92. The lowest BCUT2D eigenvalue weighted by atomic mass is 10.5. The number of pyridine rings is 1. The molecule has 0 bridgehead atoms. The largest absolute Gasteiger partial charge is 0.319 e. The van der Waals surface area contributed by atoms with E-state index in [1.165, 1.54) is 12.3 Å². The van der Waals surface area contributed by atoms with Crippen molar-refractivity contribution in [1.82, 2.24) is 4.98 Å². The van der Waals surface area contributed by atoms with Crippen LogP contribution in [0.15, 0.2) is 29.4 Å². The first-order valence-electron chi connectivity index (χ1n) is 3.03. The second-order valence-electron chi connectivity index (χ2n) is 2.14. The molecular weight excluding hydrogens is 216 g/mol. The van der Waals surface area contributed by atoms with Crippen molar-refractivity contribution in [3.05, 3.63) is 24.5 Å². The van der Waals surface area contributed by atoms with E-state index in [4.69, 9.17) is 0 Å². The summed E-state index contributed by atoms with van der Waals surface area (Å²) in [5, 5.41) is 4.50. The number of rotatable bonds is 2. The van der Waals surface area contributed by atoms with E-state index in [1.807, 2.05) is 0 Å². The molecule has 1 rings (SSSR count). The van der Waals surface area contributed by atoms with Crippen LogP contribution in [0.4, 0.5) is 0 Å². The number of aromatic nitrogens is 1. The van der Waals surface area contributed by atoms with E-state index in [9.17, 15) is 16.8 Å². The topological polar surface area (TPSA) is 107 Å². The van der Waals surface area contributed by atoms with Gasteiger partial charge in [-0.25, -0.2) is 13.6 Å². The SMILES string of the molecule is NS(=O)(=O)S(=O)(=O)c1cccnc1. The normalized spacial score (nSPS) is 12.7. The monoisotopic (exact) mass is 222 g/mol. The van der Waals surface area contributed by atoms with Crippen molar-refractivity contribution < 1.29 is 16.8 Å². The van der Waals surface area contributed by atoms with Gasteiger partial charge in [0.1, 0.15) is 4.90 Å².